The van der Waals surface area contributed by atoms with Crippen LogP contribution < -0.4 is 0 Å². The van der Waals surface area contributed by atoms with E-state index in [2.05, 4.69) is 20.1 Å². The molecule has 0 aromatic carbocycles. The van der Waals surface area contributed by atoms with Crippen molar-refractivity contribution in [3.63, 3.8) is 0 Å². The molecule has 126 valence electrons. The number of aryl methyl sites for hydroxylation is 2. The Morgan fingerprint density at radius 2 is 2.16 bits per heavy atom. The third-order valence-electron chi connectivity index (χ3n) is 4.30. The molecule has 0 radical (unpaired) electrons. The molecule has 5 nitrogen and oxygen atoms in total. The van der Waals surface area contributed by atoms with Crippen molar-refractivity contribution in [1.82, 2.24) is 20.1 Å². The van der Waals surface area contributed by atoms with Crippen molar-refractivity contribution >= 4 is 44.7 Å². The average molecular weight is 387 g/mol. The van der Waals surface area contributed by atoms with Crippen molar-refractivity contribution in [2.75, 3.05) is 0 Å². The summed E-state index contributed by atoms with van der Waals surface area (Å²) in [5.74, 6) is 1.90. The highest BCUT2D eigenvalue weighted by atomic mass is 32.2. The van der Waals surface area contributed by atoms with Crippen LogP contribution in [0.25, 0.3) is 21.6 Å². The van der Waals surface area contributed by atoms with Crippen molar-refractivity contribution < 1.29 is 4.52 Å². The summed E-state index contributed by atoms with van der Waals surface area (Å²) < 4.78 is 5.40. The molecule has 0 N–H and O–H groups in total. The fraction of sp³-hybridized carbons (Fsp3) is 0.294. The summed E-state index contributed by atoms with van der Waals surface area (Å²) in [4.78, 5) is 16.1. The first-order valence-corrected chi connectivity index (χ1v) is 10.9. The number of fused-ring (bicyclic) bond motifs is 3. The summed E-state index contributed by atoms with van der Waals surface area (Å²) >= 11 is 5.10. The van der Waals surface area contributed by atoms with E-state index in [9.17, 15) is 0 Å². The van der Waals surface area contributed by atoms with Gasteiger partial charge in [0.25, 0.3) is 0 Å². The van der Waals surface area contributed by atoms with Crippen LogP contribution in [0.15, 0.2) is 32.7 Å². The fourth-order valence-electron chi connectivity index (χ4n) is 3.12. The largest absolute Gasteiger partial charge is 0.338 e. The van der Waals surface area contributed by atoms with Crippen LogP contribution in [0.1, 0.15) is 29.2 Å². The van der Waals surface area contributed by atoms with Gasteiger partial charge in [-0.1, -0.05) is 16.9 Å². The molecule has 1 aliphatic carbocycles. The van der Waals surface area contributed by atoms with Gasteiger partial charge < -0.3 is 4.52 Å². The first-order valence-electron chi connectivity index (χ1n) is 8.11. The van der Waals surface area contributed by atoms with E-state index in [4.69, 9.17) is 4.52 Å². The Bertz CT molecular complexity index is 1020. The Kier molecular flexibility index (Phi) is 4.03. The van der Waals surface area contributed by atoms with Gasteiger partial charge >= 0.3 is 0 Å². The molecule has 8 heteroatoms. The van der Waals surface area contributed by atoms with Gasteiger partial charge in [0.05, 0.1) is 5.75 Å². The van der Waals surface area contributed by atoms with Gasteiger partial charge in [0.15, 0.2) is 0 Å². The monoisotopic (exact) mass is 386 g/mol. The standard InChI is InChI=1S/C17H14N4OS3/c1-2-4-12-11(3-1)14-16(18-9-19-17(14)25-12)24-8-13-20-15(21-22-13)10-5-6-23-7-10/h5-7,9H,1-4,8H2. The number of hydrogen-bond donors (Lipinski definition) is 0. The number of thiophene rings is 2. The summed E-state index contributed by atoms with van der Waals surface area (Å²) in [7, 11) is 0. The lowest BCUT2D eigenvalue weighted by Gasteiger charge is -2.11. The highest BCUT2D eigenvalue weighted by Gasteiger charge is 2.20. The smallest absolute Gasteiger partial charge is 0.237 e. The lowest BCUT2D eigenvalue weighted by Crippen LogP contribution is -1.99. The number of thioether (sulfide) groups is 1. The highest BCUT2D eigenvalue weighted by Crippen LogP contribution is 2.39. The molecular weight excluding hydrogens is 372 g/mol. The minimum absolute atomic E-state index is 0.619. The van der Waals surface area contributed by atoms with Crippen molar-refractivity contribution in [2.45, 2.75) is 36.5 Å². The summed E-state index contributed by atoms with van der Waals surface area (Å²) in [5.41, 5.74) is 2.46. The molecule has 4 aromatic rings. The van der Waals surface area contributed by atoms with E-state index in [-0.39, 0.29) is 0 Å². The maximum Gasteiger partial charge on any atom is 0.237 e. The van der Waals surface area contributed by atoms with Crippen LogP contribution in [0.3, 0.4) is 0 Å². The number of hydrogen-bond acceptors (Lipinski definition) is 8. The lowest BCUT2D eigenvalue weighted by atomic mass is 9.97. The molecule has 4 heterocycles. The number of aromatic nitrogens is 4. The second-order valence-electron chi connectivity index (χ2n) is 5.88. The highest BCUT2D eigenvalue weighted by molar-refractivity contribution is 7.98. The lowest BCUT2D eigenvalue weighted by molar-refractivity contribution is 0.391. The minimum Gasteiger partial charge on any atom is -0.338 e. The normalized spacial score (nSPS) is 14.1. The Morgan fingerprint density at radius 3 is 3.08 bits per heavy atom. The molecule has 0 unspecified atom stereocenters. The predicted molar refractivity (Wildman–Crippen MR) is 101 cm³/mol. The molecule has 0 atom stereocenters. The second kappa shape index (κ2) is 6.51. The van der Waals surface area contributed by atoms with Gasteiger partial charge in [-0.05, 0) is 42.7 Å². The van der Waals surface area contributed by atoms with Gasteiger partial charge in [0.2, 0.25) is 11.7 Å². The summed E-state index contributed by atoms with van der Waals surface area (Å²) in [6.45, 7) is 0. The van der Waals surface area contributed by atoms with Crippen LogP contribution in [0.4, 0.5) is 0 Å². The van der Waals surface area contributed by atoms with Crippen LogP contribution in [0, 0.1) is 0 Å². The molecule has 0 saturated heterocycles. The van der Waals surface area contributed by atoms with E-state index < -0.39 is 0 Å². The van der Waals surface area contributed by atoms with Crippen LogP contribution in [-0.2, 0) is 18.6 Å². The van der Waals surface area contributed by atoms with E-state index in [0.29, 0.717) is 17.5 Å². The van der Waals surface area contributed by atoms with Gasteiger partial charge in [-0.3, -0.25) is 0 Å². The fourth-order valence-corrected chi connectivity index (χ4v) is 5.91. The molecule has 25 heavy (non-hydrogen) atoms. The van der Waals surface area contributed by atoms with E-state index in [1.54, 1.807) is 29.4 Å². The molecule has 0 amide bonds. The predicted octanol–water partition coefficient (Wildman–Crippen LogP) is 4.97. The van der Waals surface area contributed by atoms with Crippen molar-refractivity contribution in [3.8, 4) is 11.4 Å². The maximum atomic E-state index is 5.40. The zero-order valence-electron chi connectivity index (χ0n) is 13.3. The Balaban J connectivity index is 1.42. The SMILES string of the molecule is c1nc(SCc2nc(-c3ccsc3)no2)c2c3c(sc2n1)CCCC3. The molecule has 0 saturated carbocycles. The van der Waals surface area contributed by atoms with Crippen LogP contribution >= 0.6 is 34.4 Å². The Hall–Kier alpha value is -1.77. The minimum atomic E-state index is 0.619. The Morgan fingerprint density at radius 1 is 1.20 bits per heavy atom. The second-order valence-corrected chi connectivity index (χ2v) is 8.71. The molecule has 4 aromatic heterocycles. The van der Waals surface area contributed by atoms with E-state index in [0.717, 1.165) is 21.8 Å². The topological polar surface area (TPSA) is 64.7 Å². The molecule has 1 aliphatic rings. The number of nitrogens with zero attached hydrogens (tertiary/aromatic N) is 4. The van der Waals surface area contributed by atoms with Gasteiger partial charge in [-0.2, -0.15) is 16.3 Å². The zero-order chi connectivity index (χ0) is 16.6. The molecule has 0 aliphatic heterocycles. The summed E-state index contributed by atoms with van der Waals surface area (Å²) in [5, 5.41) is 10.4. The maximum absolute atomic E-state index is 5.40. The van der Waals surface area contributed by atoms with Crippen LogP contribution in [0.5, 0.6) is 0 Å². The zero-order valence-corrected chi connectivity index (χ0v) is 15.7. The third kappa shape index (κ3) is 2.88. The van der Waals surface area contributed by atoms with E-state index >= 15 is 0 Å². The first kappa shape index (κ1) is 15.5. The molecule has 0 bridgehead atoms. The molecule has 0 spiro atoms. The van der Waals surface area contributed by atoms with Crippen LogP contribution in [0.2, 0.25) is 0 Å². The van der Waals surface area contributed by atoms with Gasteiger partial charge in [-0.25, -0.2) is 9.97 Å². The Labute approximate surface area is 156 Å². The van der Waals surface area contributed by atoms with Gasteiger partial charge in [0.1, 0.15) is 16.2 Å². The summed E-state index contributed by atoms with van der Waals surface area (Å²) in [6.07, 6.45) is 6.51. The van der Waals surface area contributed by atoms with E-state index in [1.165, 1.54) is 35.1 Å². The van der Waals surface area contributed by atoms with Gasteiger partial charge in [0, 0.05) is 21.2 Å². The summed E-state index contributed by atoms with van der Waals surface area (Å²) in [6, 6.07) is 2.00. The van der Waals surface area contributed by atoms with Crippen molar-refractivity contribution in [1.29, 1.82) is 0 Å². The van der Waals surface area contributed by atoms with Crippen LogP contribution in [-0.4, -0.2) is 20.1 Å². The molecular formula is C17H14N4OS3. The van der Waals surface area contributed by atoms with Crippen molar-refractivity contribution in [3.05, 3.63) is 39.5 Å². The number of rotatable bonds is 4. The quantitative estimate of drug-likeness (QED) is 0.364. The average Bonchev–Trinajstić information content (AvgIpc) is 3.37. The molecule has 0 fully saturated rings. The first-order chi connectivity index (χ1) is 12.4. The van der Waals surface area contributed by atoms with Gasteiger partial charge in [-0.15, -0.1) is 11.3 Å². The third-order valence-corrected chi connectivity index (χ3v) is 7.15. The molecule has 5 rings (SSSR count). The van der Waals surface area contributed by atoms with Crippen molar-refractivity contribution in [2.24, 2.45) is 0 Å². The van der Waals surface area contributed by atoms with E-state index in [1.807, 2.05) is 28.2 Å².